The Balaban J connectivity index is 2.00. The number of ether oxygens (including phenoxy) is 1. The van der Waals surface area contributed by atoms with Gasteiger partial charge in [0, 0.05) is 24.0 Å². The van der Waals surface area contributed by atoms with E-state index >= 15 is 0 Å². The number of allylic oxidation sites excluding steroid dienone is 3. The van der Waals surface area contributed by atoms with Gasteiger partial charge in [-0.25, -0.2) is 0 Å². The summed E-state index contributed by atoms with van der Waals surface area (Å²) in [4.78, 5) is 29.0. The van der Waals surface area contributed by atoms with Crippen LogP contribution in [0.15, 0.2) is 45.8 Å². The van der Waals surface area contributed by atoms with E-state index in [9.17, 15) is 14.9 Å². The minimum Gasteiger partial charge on any atom is -0.444 e. The molecule has 0 bridgehead atoms. The topological polar surface area (TPSA) is 109 Å². The quantitative estimate of drug-likeness (QED) is 0.774. The van der Waals surface area contributed by atoms with Gasteiger partial charge in [0.15, 0.2) is 5.78 Å². The van der Waals surface area contributed by atoms with Gasteiger partial charge in [-0.1, -0.05) is 25.5 Å². The van der Waals surface area contributed by atoms with Crippen molar-refractivity contribution >= 4 is 16.7 Å². The Kier molecular flexibility index (Phi) is 4.16. The molecule has 0 fully saturated rings. The summed E-state index contributed by atoms with van der Waals surface area (Å²) in [5.74, 6) is -0.503. The Bertz CT molecular complexity index is 1240. The Morgan fingerprint density at radius 3 is 2.62 bits per heavy atom. The van der Waals surface area contributed by atoms with Crippen LogP contribution < -0.4 is 11.3 Å². The summed E-state index contributed by atoms with van der Waals surface area (Å²) < 4.78 is 5.70. The molecule has 1 aromatic carbocycles. The van der Waals surface area contributed by atoms with Crippen molar-refractivity contribution in [2.75, 3.05) is 0 Å². The molecule has 1 atom stereocenters. The highest BCUT2D eigenvalue weighted by Gasteiger charge is 2.43. The number of hydrogen-bond acceptors (Lipinski definition) is 5. The smallest absolute Gasteiger partial charge is 0.252 e. The molecule has 0 saturated heterocycles. The number of nitrogens with two attached hydrogens (primary N) is 1. The highest BCUT2D eigenvalue weighted by molar-refractivity contribution is 6.00. The van der Waals surface area contributed by atoms with Gasteiger partial charge in [0.05, 0.1) is 11.4 Å². The van der Waals surface area contributed by atoms with E-state index in [4.69, 9.17) is 10.5 Å². The van der Waals surface area contributed by atoms with Crippen LogP contribution in [0.4, 0.5) is 0 Å². The van der Waals surface area contributed by atoms with Gasteiger partial charge in [-0.15, -0.1) is 0 Å². The number of H-pyrrole nitrogens is 1. The number of aromatic amines is 1. The Morgan fingerprint density at radius 2 is 1.93 bits per heavy atom. The molecule has 0 spiro atoms. The number of nitriles is 1. The van der Waals surface area contributed by atoms with E-state index in [1.54, 1.807) is 6.07 Å². The number of carbonyl (C=O) groups is 1. The molecule has 0 radical (unpaired) electrons. The van der Waals surface area contributed by atoms with Crippen molar-refractivity contribution in [1.29, 1.82) is 5.26 Å². The van der Waals surface area contributed by atoms with Crippen molar-refractivity contribution in [3.05, 3.63) is 68.0 Å². The van der Waals surface area contributed by atoms with Gasteiger partial charge in [-0.2, -0.15) is 5.26 Å². The van der Waals surface area contributed by atoms with E-state index in [1.807, 2.05) is 39.8 Å². The molecule has 1 aromatic heterocycles. The normalized spacial score (nSPS) is 21.1. The fourth-order valence-electron chi connectivity index (χ4n) is 4.51. The maximum absolute atomic E-state index is 13.1. The molecule has 2 heterocycles. The molecular weight excluding hydrogens is 366 g/mol. The van der Waals surface area contributed by atoms with E-state index in [0.717, 1.165) is 22.0 Å². The number of hydrogen-bond donors (Lipinski definition) is 2. The zero-order valence-corrected chi connectivity index (χ0v) is 17.0. The molecule has 4 rings (SSSR count). The molecule has 3 N–H and O–H groups in total. The van der Waals surface area contributed by atoms with E-state index in [2.05, 4.69) is 11.1 Å². The lowest BCUT2D eigenvalue weighted by Gasteiger charge is -2.37. The number of Topliss-reactive ketones (excluding diaryl/α,β-unsaturated/α-hetero) is 1. The molecule has 2 aromatic rings. The van der Waals surface area contributed by atoms with Crippen molar-refractivity contribution < 1.29 is 9.53 Å². The number of carbonyl (C=O) groups excluding carboxylic acids is 1. The van der Waals surface area contributed by atoms with Gasteiger partial charge in [0.2, 0.25) is 5.88 Å². The standard InChI is InChI=1S/C23H23N3O3/c1-11-5-12(2)20-13(6-11)7-14(22(28)26-20)18-15(10-24)21(25)29-17-9-23(3,4)8-16(27)19(17)18/h5-7,18H,8-9,25H2,1-4H3,(H,26,28)/t18-/m1/s1. The number of ketones is 1. The maximum atomic E-state index is 13.1. The van der Waals surface area contributed by atoms with E-state index in [0.29, 0.717) is 29.7 Å². The van der Waals surface area contributed by atoms with Gasteiger partial charge < -0.3 is 15.5 Å². The molecule has 2 aliphatic rings. The maximum Gasteiger partial charge on any atom is 0.252 e. The second-order valence-corrected chi connectivity index (χ2v) is 8.80. The molecule has 29 heavy (non-hydrogen) atoms. The number of aromatic nitrogens is 1. The molecule has 6 nitrogen and oxygen atoms in total. The summed E-state index contributed by atoms with van der Waals surface area (Å²) in [5, 5.41) is 10.6. The summed E-state index contributed by atoms with van der Waals surface area (Å²) in [6.07, 6.45) is 0.849. The minimum absolute atomic E-state index is 0.0401. The molecule has 0 saturated carbocycles. The monoisotopic (exact) mass is 389 g/mol. The number of nitrogens with zero attached hydrogens (tertiary/aromatic N) is 1. The van der Waals surface area contributed by atoms with Crippen LogP contribution >= 0.6 is 0 Å². The number of rotatable bonds is 1. The van der Waals surface area contributed by atoms with Crippen LogP contribution in [0.1, 0.15) is 49.3 Å². The lowest BCUT2D eigenvalue weighted by molar-refractivity contribution is -0.119. The van der Waals surface area contributed by atoms with E-state index in [-0.39, 0.29) is 28.2 Å². The Morgan fingerprint density at radius 1 is 1.21 bits per heavy atom. The molecule has 1 aliphatic carbocycles. The van der Waals surface area contributed by atoms with Gasteiger partial charge in [-0.05, 0) is 42.3 Å². The van der Waals surface area contributed by atoms with Crippen LogP contribution in [-0.2, 0) is 9.53 Å². The number of fused-ring (bicyclic) bond motifs is 1. The SMILES string of the molecule is Cc1cc(C)c2[nH]c(=O)c([C@@H]3C(C#N)=C(N)OC4=C3C(=O)CC(C)(C)C4)cc2c1. The lowest BCUT2D eigenvalue weighted by atomic mass is 9.70. The second-order valence-electron chi connectivity index (χ2n) is 8.80. The molecule has 148 valence electrons. The zero-order chi connectivity index (χ0) is 21.1. The van der Waals surface area contributed by atoms with E-state index in [1.165, 1.54) is 0 Å². The van der Waals surface area contributed by atoms with Crippen LogP contribution in [0.2, 0.25) is 0 Å². The van der Waals surface area contributed by atoms with Crippen molar-refractivity contribution in [3.8, 4) is 6.07 Å². The first-order valence-electron chi connectivity index (χ1n) is 9.59. The first kappa shape index (κ1) is 19.0. The molecule has 1 aliphatic heterocycles. The lowest BCUT2D eigenvalue weighted by Crippen LogP contribution is -2.35. The van der Waals surface area contributed by atoms with Crippen molar-refractivity contribution in [3.63, 3.8) is 0 Å². The predicted octanol–water partition coefficient (Wildman–Crippen LogP) is 3.60. The van der Waals surface area contributed by atoms with Crippen LogP contribution in [0.25, 0.3) is 10.9 Å². The second kappa shape index (κ2) is 6.35. The highest BCUT2D eigenvalue weighted by atomic mass is 16.5. The summed E-state index contributed by atoms with van der Waals surface area (Å²) in [6, 6.07) is 7.81. The number of aryl methyl sites for hydroxylation is 2. The third-order valence-electron chi connectivity index (χ3n) is 5.71. The van der Waals surface area contributed by atoms with Gasteiger partial charge in [0.1, 0.15) is 17.4 Å². The van der Waals surface area contributed by atoms with Gasteiger partial charge in [0.25, 0.3) is 5.56 Å². The van der Waals surface area contributed by atoms with Crippen LogP contribution in [0.5, 0.6) is 0 Å². The average Bonchev–Trinajstić information content (AvgIpc) is 2.59. The predicted molar refractivity (Wildman–Crippen MR) is 110 cm³/mol. The first-order chi connectivity index (χ1) is 13.6. The average molecular weight is 389 g/mol. The fourth-order valence-corrected chi connectivity index (χ4v) is 4.51. The third kappa shape index (κ3) is 3.03. The molecule has 6 heteroatoms. The van der Waals surface area contributed by atoms with Crippen molar-refractivity contribution in [2.24, 2.45) is 11.1 Å². The van der Waals surface area contributed by atoms with E-state index < -0.39 is 5.92 Å². The molecule has 0 amide bonds. The summed E-state index contributed by atoms with van der Waals surface area (Å²) >= 11 is 0. The van der Waals surface area contributed by atoms with Crippen LogP contribution in [-0.4, -0.2) is 10.8 Å². The fraction of sp³-hybridized carbons (Fsp3) is 0.348. The minimum atomic E-state index is -0.818. The molecule has 0 unspecified atom stereocenters. The van der Waals surface area contributed by atoms with Crippen LogP contribution in [0.3, 0.4) is 0 Å². The van der Waals surface area contributed by atoms with Gasteiger partial charge >= 0.3 is 0 Å². The number of nitrogens with one attached hydrogen (secondary N) is 1. The Hall–Kier alpha value is -3.33. The van der Waals surface area contributed by atoms with Crippen molar-refractivity contribution in [2.45, 2.75) is 46.5 Å². The number of benzene rings is 1. The number of pyridine rings is 1. The highest BCUT2D eigenvalue weighted by Crippen LogP contribution is 2.47. The van der Waals surface area contributed by atoms with Gasteiger partial charge in [-0.3, -0.25) is 9.59 Å². The summed E-state index contributed by atoms with van der Waals surface area (Å²) in [6.45, 7) is 7.89. The largest absolute Gasteiger partial charge is 0.444 e. The zero-order valence-electron chi connectivity index (χ0n) is 17.0. The summed E-state index contributed by atoms with van der Waals surface area (Å²) in [7, 11) is 0. The third-order valence-corrected chi connectivity index (χ3v) is 5.71. The first-order valence-corrected chi connectivity index (χ1v) is 9.59. The van der Waals surface area contributed by atoms with Crippen molar-refractivity contribution in [1.82, 2.24) is 4.98 Å². The molecular formula is C23H23N3O3. The summed E-state index contributed by atoms with van der Waals surface area (Å²) in [5.41, 5.74) is 9.03. The van der Waals surface area contributed by atoms with Crippen LogP contribution in [0, 0.1) is 30.6 Å². The Labute approximate surface area is 168 Å².